The third-order valence-corrected chi connectivity index (χ3v) is 3.38. The minimum atomic E-state index is 0.149. The summed E-state index contributed by atoms with van der Waals surface area (Å²) in [6.45, 7) is 6.08. The van der Waals surface area contributed by atoms with Gasteiger partial charge in [0.15, 0.2) is 5.58 Å². The van der Waals surface area contributed by atoms with E-state index in [2.05, 4.69) is 20.9 Å². The molecule has 0 aliphatic carbocycles. The summed E-state index contributed by atoms with van der Waals surface area (Å²) in [7, 11) is 0. The molecule has 2 aromatic rings. The van der Waals surface area contributed by atoms with Crippen LogP contribution in [-0.4, -0.2) is 16.7 Å². The predicted molar refractivity (Wildman–Crippen MR) is 78.2 cm³/mol. The third kappa shape index (κ3) is 3.25. The molecule has 0 aliphatic heterocycles. The zero-order valence-electron chi connectivity index (χ0n) is 10.8. The average molecular weight is 335 g/mol. The number of hydrogen-bond acceptors (Lipinski definition) is 3. The van der Waals surface area contributed by atoms with E-state index in [1.807, 2.05) is 20.8 Å². The lowest BCUT2D eigenvalue weighted by atomic mass is 10.2. The molecule has 5 heteroatoms. The summed E-state index contributed by atoms with van der Waals surface area (Å²) >= 11 is 9.35. The standard InChI is InChI=1S/C11H11BrClNO2.C2H6/c1-6-5-8(13)14-10-9(12)7(3-2-4-15)16-11(6)10;1-2/h5,15H,2-4H2,1H3;1-2H3. The van der Waals surface area contributed by atoms with Crippen molar-refractivity contribution < 1.29 is 9.52 Å². The van der Waals surface area contributed by atoms with Gasteiger partial charge in [-0.1, -0.05) is 25.4 Å². The number of hydrogen-bond donors (Lipinski definition) is 1. The Morgan fingerprint density at radius 1 is 1.44 bits per heavy atom. The summed E-state index contributed by atoms with van der Waals surface area (Å²) in [5.41, 5.74) is 2.47. The maximum Gasteiger partial charge on any atom is 0.156 e. The summed E-state index contributed by atoms with van der Waals surface area (Å²) in [6, 6.07) is 1.77. The van der Waals surface area contributed by atoms with Crippen LogP contribution < -0.4 is 0 Å². The summed E-state index contributed by atoms with van der Waals surface area (Å²) in [5.74, 6) is 0.807. The van der Waals surface area contributed by atoms with E-state index in [4.69, 9.17) is 21.1 Å². The van der Waals surface area contributed by atoms with Crippen molar-refractivity contribution in [2.45, 2.75) is 33.6 Å². The third-order valence-electron chi connectivity index (χ3n) is 2.37. The molecule has 0 unspecified atom stereocenters. The second-order valence-electron chi connectivity index (χ2n) is 3.61. The van der Waals surface area contributed by atoms with Crippen LogP contribution in [0.1, 0.15) is 31.6 Å². The van der Waals surface area contributed by atoms with Crippen molar-refractivity contribution in [3.8, 4) is 0 Å². The number of aliphatic hydroxyl groups excluding tert-OH is 1. The lowest BCUT2D eigenvalue weighted by molar-refractivity contribution is 0.284. The number of fused-ring (bicyclic) bond motifs is 1. The first kappa shape index (κ1) is 15.5. The van der Waals surface area contributed by atoms with E-state index in [9.17, 15) is 0 Å². The van der Waals surface area contributed by atoms with Crippen molar-refractivity contribution in [1.29, 1.82) is 0 Å². The SMILES string of the molecule is CC.Cc1cc(Cl)nc2c(Br)c(CCCO)oc12. The smallest absolute Gasteiger partial charge is 0.156 e. The number of pyridine rings is 1. The van der Waals surface area contributed by atoms with Gasteiger partial charge in [-0.05, 0) is 40.9 Å². The van der Waals surface area contributed by atoms with Gasteiger partial charge in [-0.15, -0.1) is 0 Å². The largest absolute Gasteiger partial charge is 0.458 e. The van der Waals surface area contributed by atoms with E-state index < -0.39 is 0 Å². The van der Waals surface area contributed by atoms with E-state index in [0.717, 1.165) is 26.9 Å². The minimum Gasteiger partial charge on any atom is -0.458 e. The second-order valence-corrected chi connectivity index (χ2v) is 4.79. The van der Waals surface area contributed by atoms with Gasteiger partial charge in [0.05, 0.1) is 4.47 Å². The topological polar surface area (TPSA) is 46.3 Å². The molecule has 0 radical (unpaired) electrons. The van der Waals surface area contributed by atoms with E-state index in [0.29, 0.717) is 18.0 Å². The van der Waals surface area contributed by atoms with Gasteiger partial charge in [-0.3, -0.25) is 0 Å². The van der Waals surface area contributed by atoms with Gasteiger partial charge in [0, 0.05) is 13.0 Å². The van der Waals surface area contributed by atoms with Gasteiger partial charge >= 0.3 is 0 Å². The monoisotopic (exact) mass is 333 g/mol. The first-order valence-electron chi connectivity index (χ1n) is 5.98. The molecule has 100 valence electrons. The second kappa shape index (κ2) is 7.12. The fourth-order valence-corrected chi connectivity index (χ4v) is 2.39. The van der Waals surface area contributed by atoms with Crippen LogP contribution in [-0.2, 0) is 6.42 Å². The van der Waals surface area contributed by atoms with E-state index >= 15 is 0 Å². The van der Waals surface area contributed by atoms with Gasteiger partial charge in [0.2, 0.25) is 0 Å². The van der Waals surface area contributed by atoms with Gasteiger partial charge in [0.1, 0.15) is 16.4 Å². The molecule has 0 atom stereocenters. The quantitative estimate of drug-likeness (QED) is 0.840. The molecule has 2 heterocycles. The van der Waals surface area contributed by atoms with Crippen molar-refractivity contribution >= 4 is 38.6 Å². The van der Waals surface area contributed by atoms with Crippen LogP contribution in [0.2, 0.25) is 5.15 Å². The average Bonchev–Trinajstić information content (AvgIpc) is 2.67. The van der Waals surface area contributed by atoms with Gasteiger partial charge in [-0.25, -0.2) is 4.98 Å². The Labute approximate surface area is 120 Å². The molecule has 0 saturated carbocycles. The molecule has 0 aliphatic rings. The van der Waals surface area contributed by atoms with Crippen molar-refractivity contribution in [3.05, 3.63) is 27.0 Å². The normalized spacial score (nSPS) is 10.3. The van der Waals surface area contributed by atoms with Crippen molar-refractivity contribution in [1.82, 2.24) is 4.98 Å². The Bertz CT molecular complexity index is 525. The predicted octanol–water partition coefficient (Wildman–Crippen LogP) is 4.50. The van der Waals surface area contributed by atoms with Crippen LogP contribution in [0.25, 0.3) is 11.1 Å². The number of aryl methyl sites for hydroxylation is 2. The molecular formula is C13H17BrClNO2. The number of furan rings is 1. The highest BCUT2D eigenvalue weighted by Gasteiger charge is 2.15. The lowest BCUT2D eigenvalue weighted by Crippen LogP contribution is -1.87. The first-order chi connectivity index (χ1) is 8.63. The molecule has 0 aromatic carbocycles. The fraction of sp³-hybridized carbons (Fsp3) is 0.462. The van der Waals surface area contributed by atoms with Gasteiger partial charge < -0.3 is 9.52 Å². The molecule has 0 amide bonds. The van der Waals surface area contributed by atoms with Crippen LogP contribution in [0.4, 0.5) is 0 Å². The summed E-state index contributed by atoms with van der Waals surface area (Å²) < 4.78 is 6.54. The molecule has 0 saturated heterocycles. The summed E-state index contributed by atoms with van der Waals surface area (Å²) in [4.78, 5) is 4.23. The molecule has 1 N–H and O–H groups in total. The number of halogens is 2. The Kier molecular flexibility index (Phi) is 6.12. The van der Waals surface area contributed by atoms with Crippen molar-refractivity contribution in [3.63, 3.8) is 0 Å². The Morgan fingerprint density at radius 2 is 2.11 bits per heavy atom. The zero-order valence-corrected chi connectivity index (χ0v) is 13.1. The van der Waals surface area contributed by atoms with E-state index in [1.165, 1.54) is 0 Å². The highest BCUT2D eigenvalue weighted by atomic mass is 79.9. The van der Waals surface area contributed by atoms with Crippen LogP contribution in [0.5, 0.6) is 0 Å². The molecule has 0 spiro atoms. The molecular weight excluding hydrogens is 318 g/mol. The van der Waals surface area contributed by atoms with Crippen LogP contribution in [0, 0.1) is 6.92 Å². The van der Waals surface area contributed by atoms with E-state index in [-0.39, 0.29) is 6.61 Å². The van der Waals surface area contributed by atoms with Crippen molar-refractivity contribution in [2.24, 2.45) is 0 Å². The zero-order chi connectivity index (χ0) is 13.7. The van der Waals surface area contributed by atoms with Gasteiger partial charge in [0.25, 0.3) is 0 Å². The molecule has 2 aromatic heterocycles. The minimum absolute atomic E-state index is 0.149. The van der Waals surface area contributed by atoms with Crippen LogP contribution >= 0.6 is 27.5 Å². The molecule has 0 fully saturated rings. The fourth-order valence-electron chi connectivity index (χ4n) is 1.60. The molecule has 2 rings (SSSR count). The maximum absolute atomic E-state index is 8.80. The number of rotatable bonds is 3. The lowest BCUT2D eigenvalue weighted by Gasteiger charge is -1.94. The van der Waals surface area contributed by atoms with Crippen LogP contribution in [0.15, 0.2) is 15.0 Å². The van der Waals surface area contributed by atoms with E-state index in [1.54, 1.807) is 6.07 Å². The van der Waals surface area contributed by atoms with Gasteiger partial charge in [-0.2, -0.15) is 0 Å². The molecule has 18 heavy (non-hydrogen) atoms. The molecule has 0 bridgehead atoms. The highest BCUT2D eigenvalue weighted by Crippen LogP contribution is 2.33. The summed E-state index contributed by atoms with van der Waals surface area (Å²) in [5, 5.41) is 9.26. The highest BCUT2D eigenvalue weighted by molar-refractivity contribution is 9.10. The number of aromatic nitrogens is 1. The Hall–Kier alpha value is -0.580. The number of aliphatic hydroxyl groups is 1. The first-order valence-corrected chi connectivity index (χ1v) is 7.15. The maximum atomic E-state index is 8.80. The van der Waals surface area contributed by atoms with Crippen molar-refractivity contribution in [2.75, 3.05) is 6.61 Å². The Balaban J connectivity index is 0.000000771. The Morgan fingerprint density at radius 3 is 2.72 bits per heavy atom. The summed E-state index contributed by atoms with van der Waals surface area (Å²) in [6.07, 6.45) is 1.36. The van der Waals surface area contributed by atoms with Crippen LogP contribution in [0.3, 0.4) is 0 Å². The molecule has 3 nitrogen and oxygen atoms in total. The number of nitrogens with zero attached hydrogens (tertiary/aromatic N) is 1.